The molecule has 1 fully saturated rings. The number of aromatic nitrogens is 4. The topological polar surface area (TPSA) is 78.3 Å². The van der Waals surface area contributed by atoms with Gasteiger partial charge in [-0.3, -0.25) is 4.79 Å². The zero-order valence-electron chi connectivity index (χ0n) is 18.4. The molecule has 4 aromatic heterocycles. The van der Waals surface area contributed by atoms with Gasteiger partial charge >= 0.3 is 0 Å². The lowest BCUT2D eigenvalue weighted by molar-refractivity contribution is -0.125. The Hall–Kier alpha value is -3.87. The lowest BCUT2D eigenvalue weighted by Gasteiger charge is -2.33. The molecule has 7 nitrogen and oxygen atoms in total. The summed E-state index contributed by atoms with van der Waals surface area (Å²) in [4.78, 5) is 27.9. The van der Waals surface area contributed by atoms with Gasteiger partial charge in [0.1, 0.15) is 0 Å². The molecule has 6 rings (SSSR count). The van der Waals surface area contributed by atoms with Crippen LogP contribution in [-0.4, -0.2) is 44.9 Å². The number of H-pyrrole nitrogens is 1. The van der Waals surface area contributed by atoms with Crippen molar-refractivity contribution < 1.29 is 4.79 Å². The van der Waals surface area contributed by atoms with Gasteiger partial charge in [-0.15, -0.1) is 0 Å². The highest BCUT2D eigenvalue weighted by Crippen LogP contribution is 2.28. The van der Waals surface area contributed by atoms with Crippen molar-refractivity contribution in [3.63, 3.8) is 0 Å². The zero-order chi connectivity index (χ0) is 22.2. The monoisotopic (exact) mass is 438 g/mol. The van der Waals surface area contributed by atoms with E-state index in [9.17, 15) is 4.79 Å². The van der Waals surface area contributed by atoms with E-state index in [0.717, 1.165) is 53.8 Å². The second-order valence-corrected chi connectivity index (χ2v) is 8.73. The number of pyridine rings is 1. The highest BCUT2D eigenvalue weighted by molar-refractivity contribution is 5.85. The van der Waals surface area contributed by atoms with E-state index in [1.165, 1.54) is 10.9 Å². The highest BCUT2D eigenvalue weighted by atomic mass is 16.1. The van der Waals surface area contributed by atoms with Gasteiger partial charge in [-0.2, -0.15) is 0 Å². The number of piperidine rings is 1. The van der Waals surface area contributed by atoms with E-state index >= 15 is 0 Å². The van der Waals surface area contributed by atoms with Crippen molar-refractivity contribution in [2.45, 2.75) is 19.3 Å². The molecule has 1 atom stereocenters. The van der Waals surface area contributed by atoms with E-state index in [1.54, 1.807) is 6.20 Å². The molecule has 1 unspecified atom stereocenters. The Kier molecular flexibility index (Phi) is 4.94. The quantitative estimate of drug-likeness (QED) is 0.436. The first-order valence-corrected chi connectivity index (χ1v) is 11.6. The summed E-state index contributed by atoms with van der Waals surface area (Å²) in [5.41, 5.74) is 5.14. The minimum absolute atomic E-state index is 0.0436. The van der Waals surface area contributed by atoms with Crippen LogP contribution < -0.4 is 10.2 Å². The Balaban J connectivity index is 1.16. The summed E-state index contributed by atoms with van der Waals surface area (Å²) >= 11 is 0. The summed E-state index contributed by atoms with van der Waals surface area (Å²) in [6.45, 7) is 2.20. The van der Waals surface area contributed by atoms with Gasteiger partial charge in [-0.1, -0.05) is 18.2 Å². The van der Waals surface area contributed by atoms with E-state index in [1.807, 2.05) is 42.7 Å². The molecule has 0 spiro atoms. The zero-order valence-corrected chi connectivity index (χ0v) is 18.4. The summed E-state index contributed by atoms with van der Waals surface area (Å²) in [5, 5.41) is 4.40. The average Bonchev–Trinajstić information content (AvgIpc) is 3.51. The number of carbonyl (C=O) groups excluding carboxylic acids is 1. The predicted octanol–water partition coefficient (Wildman–Crippen LogP) is 3.94. The van der Waals surface area contributed by atoms with Gasteiger partial charge in [0, 0.05) is 49.1 Å². The number of benzene rings is 1. The van der Waals surface area contributed by atoms with E-state index in [-0.39, 0.29) is 11.8 Å². The van der Waals surface area contributed by atoms with E-state index in [4.69, 9.17) is 4.98 Å². The molecule has 1 saturated heterocycles. The first-order chi connectivity index (χ1) is 16.3. The molecule has 1 aromatic carbocycles. The second kappa shape index (κ2) is 8.24. The third-order valence-electron chi connectivity index (χ3n) is 6.68. The van der Waals surface area contributed by atoms with E-state index in [2.05, 4.69) is 42.8 Å². The second-order valence-electron chi connectivity index (χ2n) is 8.73. The molecule has 5 heterocycles. The van der Waals surface area contributed by atoms with Crippen LogP contribution in [-0.2, 0) is 11.2 Å². The van der Waals surface area contributed by atoms with Crippen LogP contribution in [0.3, 0.4) is 0 Å². The first kappa shape index (κ1) is 19.8. The van der Waals surface area contributed by atoms with Gasteiger partial charge in [-0.05, 0) is 55.2 Å². The van der Waals surface area contributed by atoms with E-state index in [0.29, 0.717) is 13.1 Å². The van der Waals surface area contributed by atoms with Crippen LogP contribution >= 0.6 is 0 Å². The van der Waals surface area contributed by atoms with Crippen LogP contribution in [0.25, 0.3) is 27.6 Å². The largest absolute Gasteiger partial charge is 0.361 e. The number of carbonyl (C=O) groups is 1. The van der Waals surface area contributed by atoms with Crippen molar-refractivity contribution in [1.29, 1.82) is 0 Å². The fraction of sp³-hybridized carbons (Fsp3) is 0.269. The van der Waals surface area contributed by atoms with Crippen molar-refractivity contribution in [2.75, 3.05) is 24.5 Å². The number of nitrogens with one attached hydrogen (secondary N) is 2. The van der Waals surface area contributed by atoms with Gasteiger partial charge in [-0.25, -0.2) is 9.97 Å². The fourth-order valence-corrected chi connectivity index (χ4v) is 5.01. The number of para-hydroxylation sites is 1. The number of amides is 1. The molecule has 5 aromatic rings. The molecular formula is C26H26N6O. The van der Waals surface area contributed by atoms with Gasteiger partial charge in [0.2, 0.25) is 5.91 Å². The minimum atomic E-state index is -0.0436. The minimum Gasteiger partial charge on any atom is -0.361 e. The molecule has 2 N–H and O–H groups in total. The van der Waals surface area contributed by atoms with Crippen molar-refractivity contribution in [1.82, 2.24) is 24.7 Å². The average molecular weight is 439 g/mol. The van der Waals surface area contributed by atoms with Crippen LogP contribution in [0, 0.1) is 5.92 Å². The molecule has 0 saturated carbocycles. The molecule has 166 valence electrons. The lowest BCUT2D eigenvalue weighted by Crippen LogP contribution is -2.44. The molecule has 1 amide bonds. The maximum atomic E-state index is 13.0. The van der Waals surface area contributed by atoms with Gasteiger partial charge in [0.25, 0.3) is 0 Å². The Morgan fingerprint density at radius 3 is 3.00 bits per heavy atom. The highest BCUT2D eigenvalue weighted by Gasteiger charge is 2.28. The Labute approximate surface area is 191 Å². The number of aromatic amines is 1. The standard InChI is InChI=1S/C26H26N6O/c33-26(28-13-11-18-16-29-21-8-2-1-7-20(18)21)19-6-4-14-31(17-19)25-23-10-5-15-32(23)22-9-3-12-27-24(22)30-25/h1-3,5,7-10,12,15-16,19,29H,4,6,11,13-14,17H2,(H,28,33). The molecule has 0 radical (unpaired) electrons. The van der Waals surface area contributed by atoms with Crippen molar-refractivity contribution >= 4 is 39.3 Å². The van der Waals surface area contributed by atoms with Crippen molar-refractivity contribution in [3.05, 3.63) is 72.7 Å². The summed E-state index contributed by atoms with van der Waals surface area (Å²) in [5.74, 6) is 0.991. The Bertz CT molecular complexity index is 1450. The van der Waals surface area contributed by atoms with Gasteiger partial charge in [0.15, 0.2) is 11.5 Å². The fourth-order valence-electron chi connectivity index (χ4n) is 5.01. The molecule has 1 aliphatic heterocycles. The van der Waals surface area contributed by atoms with Gasteiger partial charge in [0.05, 0.1) is 17.0 Å². The molecular weight excluding hydrogens is 412 g/mol. The lowest BCUT2D eigenvalue weighted by atomic mass is 9.97. The molecule has 0 bridgehead atoms. The Morgan fingerprint density at radius 1 is 1.12 bits per heavy atom. The number of hydrogen-bond acceptors (Lipinski definition) is 4. The summed E-state index contributed by atoms with van der Waals surface area (Å²) in [7, 11) is 0. The molecule has 1 aliphatic rings. The van der Waals surface area contributed by atoms with Crippen LogP contribution in [0.2, 0.25) is 0 Å². The first-order valence-electron chi connectivity index (χ1n) is 11.6. The maximum Gasteiger partial charge on any atom is 0.224 e. The number of hydrogen-bond donors (Lipinski definition) is 2. The number of fused-ring (bicyclic) bond motifs is 4. The van der Waals surface area contributed by atoms with Crippen LogP contribution in [0.5, 0.6) is 0 Å². The molecule has 7 heteroatoms. The summed E-state index contributed by atoms with van der Waals surface area (Å²) < 4.78 is 2.13. The van der Waals surface area contributed by atoms with Crippen LogP contribution in [0.15, 0.2) is 67.1 Å². The summed E-state index contributed by atoms with van der Waals surface area (Å²) in [6.07, 6.45) is 8.54. The SMILES string of the molecule is O=C(NCCc1c[nH]c2ccccc12)C1CCCN(c2nc3ncccc3n3cccc23)C1. The van der Waals surface area contributed by atoms with Crippen LogP contribution in [0.4, 0.5) is 5.82 Å². The van der Waals surface area contributed by atoms with Gasteiger partial charge < -0.3 is 19.6 Å². The smallest absolute Gasteiger partial charge is 0.224 e. The molecule has 33 heavy (non-hydrogen) atoms. The van der Waals surface area contributed by atoms with Crippen molar-refractivity contribution in [2.24, 2.45) is 5.92 Å². The predicted molar refractivity (Wildman–Crippen MR) is 130 cm³/mol. The maximum absolute atomic E-state index is 13.0. The van der Waals surface area contributed by atoms with Crippen molar-refractivity contribution in [3.8, 4) is 0 Å². The summed E-state index contributed by atoms with van der Waals surface area (Å²) in [6, 6.07) is 16.4. The number of anilines is 1. The van der Waals surface area contributed by atoms with E-state index < -0.39 is 0 Å². The Morgan fingerprint density at radius 2 is 2.03 bits per heavy atom. The third-order valence-corrected chi connectivity index (χ3v) is 6.68. The van der Waals surface area contributed by atoms with Crippen LogP contribution in [0.1, 0.15) is 18.4 Å². The normalized spacial score (nSPS) is 16.6. The third kappa shape index (κ3) is 3.59. The number of rotatable bonds is 5. The molecule has 0 aliphatic carbocycles. The number of nitrogens with zero attached hydrogens (tertiary/aromatic N) is 4.